The zero-order valence-corrected chi connectivity index (χ0v) is 17.8. The molecular formula is C22H26N2O8. The molecule has 1 unspecified atom stereocenters. The number of hydrogen-bond donors (Lipinski definition) is 4. The molecule has 1 fully saturated rings. The molecule has 10 nitrogen and oxygen atoms in total. The molecule has 0 bridgehead atoms. The van der Waals surface area contributed by atoms with E-state index in [1.165, 1.54) is 6.07 Å². The van der Waals surface area contributed by atoms with Gasteiger partial charge in [0.25, 0.3) is 5.91 Å². The fourth-order valence-corrected chi connectivity index (χ4v) is 3.36. The van der Waals surface area contributed by atoms with Crippen LogP contribution in [0.5, 0.6) is 0 Å². The first-order chi connectivity index (χ1) is 15.2. The van der Waals surface area contributed by atoms with Crippen molar-refractivity contribution in [1.29, 1.82) is 0 Å². The Labute approximate surface area is 183 Å². The van der Waals surface area contributed by atoms with Crippen LogP contribution in [0.25, 0.3) is 11.0 Å². The van der Waals surface area contributed by atoms with Gasteiger partial charge in [-0.15, -0.1) is 0 Å². The summed E-state index contributed by atoms with van der Waals surface area (Å²) in [7, 11) is 0. The minimum atomic E-state index is -1.42. The molecule has 1 aliphatic rings. The highest BCUT2D eigenvalue weighted by Gasteiger charge is 2.54. The fraction of sp³-hybridized carbons (Fsp3) is 0.455. The summed E-state index contributed by atoms with van der Waals surface area (Å²) < 4.78 is 10.4. The highest BCUT2D eigenvalue weighted by atomic mass is 16.6. The number of aliphatic hydroxyl groups is 2. The third-order valence-electron chi connectivity index (χ3n) is 5.27. The Hall–Kier alpha value is -3.08. The van der Waals surface area contributed by atoms with Gasteiger partial charge in [0.2, 0.25) is 11.3 Å². The SMILES string of the molecule is CC(C)C[C@H](NC(=O)C(CO)NC(=O)c1coc2ccccc2c1=O)C(=O)[C@@]1(CO)CO1. The van der Waals surface area contributed by atoms with Crippen molar-refractivity contribution in [3.63, 3.8) is 0 Å². The van der Waals surface area contributed by atoms with Gasteiger partial charge in [-0.25, -0.2) is 0 Å². The number of carbonyl (C=O) groups excluding carboxylic acids is 3. The Balaban J connectivity index is 1.74. The van der Waals surface area contributed by atoms with Crippen LogP contribution >= 0.6 is 0 Å². The van der Waals surface area contributed by atoms with Gasteiger partial charge in [0.1, 0.15) is 23.5 Å². The number of amides is 2. The van der Waals surface area contributed by atoms with Crippen LogP contribution < -0.4 is 16.1 Å². The van der Waals surface area contributed by atoms with Crippen molar-refractivity contribution in [2.75, 3.05) is 19.8 Å². The topological polar surface area (TPSA) is 158 Å². The summed E-state index contributed by atoms with van der Waals surface area (Å²) in [5, 5.41) is 24.1. The molecule has 0 aliphatic carbocycles. The number of ether oxygens (including phenoxy) is 1. The Morgan fingerprint density at radius 1 is 1.12 bits per heavy atom. The van der Waals surface area contributed by atoms with Crippen LogP contribution in [-0.4, -0.2) is 65.3 Å². The van der Waals surface area contributed by atoms with Crippen molar-refractivity contribution >= 4 is 28.6 Å². The number of hydrogen-bond acceptors (Lipinski definition) is 8. The molecule has 32 heavy (non-hydrogen) atoms. The smallest absolute Gasteiger partial charge is 0.259 e. The molecular weight excluding hydrogens is 420 g/mol. The first kappa shape index (κ1) is 23.6. The van der Waals surface area contributed by atoms with Crippen LogP contribution in [0.15, 0.2) is 39.7 Å². The molecule has 1 aromatic carbocycles. The Morgan fingerprint density at radius 2 is 1.81 bits per heavy atom. The predicted molar refractivity (Wildman–Crippen MR) is 113 cm³/mol. The van der Waals surface area contributed by atoms with Gasteiger partial charge in [-0.2, -0.15) is 0 Å². The molecule has 1 aliphatic heterocycles. The van der Waals surface area contributed by atoms with Gasteiger partial charge in [-0.1, -0.05) is 26.0 Å². The molecule has 10 heteroatoms. The van der Waals surface area contributed by atoms with Crippen LogP contribution in [0.1, 0.15) is 30.6 Å². The zero-order valence-electron chi connectivity index (χ0n) is 17.8. The van der Waals surface area contributed by atoms with Gasteiger partial charge in [-0.3, -0.25) is 19.2 Å². The lowest BCUT2D eigenvalue weighted by Gasteiger charge is -2.24. The van der Waals surface area contributed by atoms with Crippen LogP contribution in [-0.2, 0) is 14.3 Å². The average Bonchev–Trinajstić information content (AvgIpc) is 3.57. The Kier molecular flexibility index (Phi) is 7.07. The summed E-state index contributed by atoms with van der Waals surface area (Å²) in [6.07, 6.45) is 1.27. The lowest BCUT2D eigenvalue weighted by Crippen LogP contribution is -2.56. The number of benzene rings is 1. The number of aliphatic hydroxyl groups excluding tert-OH is 2. The van der Waals surface area contributed by atoms with Crippen molar-refractivity contribution in [3.8, 4) is 0 Å². The number of Topliss-reactive ketones (excluding diaryl/α,β-unsaturated/α-hetero) is 1. The van der Waals surface area contributed by atoms with Gasteiger partial charge in [0.05, 0.1) is 31.2 Å². The van der Waals surface area contributed by atoms with Crippen LogP contribution in [0.2, 0.25) is 0 Å². The van der Waals surface area contributed by atoms with E-state index in [1.807, 2.05) is 13.8 Å². The van der Waals surface area contributed by atoms with Crippen LogP contribution in [0.3, 0.4) is 0 Å². The van der Waals surface area contributed by atoms with Crippen molar-refractivity contribution in [3.05, 3.63) is 46.3 Å². The van der Waals surface area contributed by atoms with E-state index in [9.17, 15) is 29.4 Å². The summed E-state index contributed by atoms with van der Waals surface area (Å²) in [6.45, 7) is 2.51. The first-order valence-corrected chi connectivity index (χ1v) is 10.2. The summed E-state index contributed by atoms with van der Waals surface area (Å²) in [6, 6.07) is 4.00. The Morgan fingerprint density at radius 3 is 2.41 bits per heavy atom. The number of epoxide rings is 1. The summed E-state index contributed by atoms with van der Waals surface area (Å²) in [5.41, 5.74) is -1.92. The normalized spacial score (nSPS) is 19.4. The minimum Gasteiger partial charge on any atom is -0.463 e. The lowest BCUT2D eigenvalue weighted by molar-refractivity contribution is -0.133. The monoisotopic (exact) mass is 446 g/mol. The quantitative estimate of drug-likeness (QED) is 0.364. The first-order valence-electron chi connectivity index (χ1n) is 10.2. The number of fused-ring (bicyclic) bond motifs is 1. The lowest BCUT2D eigenvalue weighted by atomic mass is 9.92. The van der Waals surface area contributed by atoms with Crippen molar-refractivity contribution in [2.24, 2.45) is 5.92 Å². The van der Waals surface area contributed by atoms with Gasteiger partial charge in [0, 0.05) is 0 Å². The second-order valence-electron chi connectivity index (χ2n) is 8.18. The molecule has 2 amide bonds. The van der Waals surface area contributed by atoms with Gasteiger partial charge in [0.15, 0.2) is 11.4 Å². The molecule has 172 valence electrons. The standard InChI is InChI=1S/C22H26N2O8/c1-12(2)7-15(19(28)22(10-26)11-32-22)23-21(30)16(8-25)24-20(29)14-9-31-17-6-4-3-5-13(17)18(14)27/h3-6,9,12,15-16,25-26H,7-8,10-11H2,1-2H3,(H,23,30)(H,24,29)/t15-,16?,22+/m0/s1. The minimum absolute atomic E-state index is 0.0307. The van der Waals surface area contributed by atoms with E-state index in [2.05, 4.69) is 10.6 Å². The number of ketones is 1. The van der Waals surface area contributed by atoms with Crippen LogP contribution in [0.4, 0.5) is 0 Å². The number of nitrogens with one attached hydrogen (secondary N) is 2. The second kappa shape index (κ2) is 9.60. The maximum absolute atomic E-state index is 12.7. The van der Waals surface area contributed by atoms with E-state index in [-0.39, 0.29) is 29.9 Å². The molecule has 3 atom stereocenters. The number of carbonyl (C=O) groups is 3. The van der Waals surface area contributed by atoms with E-state index in [0.29, 0.717) is 5.58 Å². The van der Waals surface area contributed by atoms with Gasteiger partial charge in [-0.05, 0) is 24.5 Å². The van der Waals surface area contributed by atoms with E-state index >= 15 is 0 Å². The van der Waals surface area contributed by atoms with Crippen molar-refractivity contribution < 1.29 is 33.8 Å². The fourth-order valence-electron chi connectivity index (χ4n) is 3.36. The summed E-state index contributed by atoms with van der Waals surface area (Å²) in [4.78, 5) is 50.7. The molecule has 1 saturated heterocycles. The third kappa shape index (κ3) is 4.87. The maximum atomic E-state index is 12.7. The molecule has 0 radical (unpaired) electrons. The molecule has 0 spiro atoms. The van der Waals surface area contributed by atoms with Crippen molar-refractivity contribution in [2.45, 2.75) is 38.0 Å². The Bertz CT molecular complexity index is 1070. The van der Waals surface area contributed by atoms with Gasteiger partial charge >= 0.3 is 0 Å². The number of para-hydroxylation sites is 1. The molecule has 2 heterocycles. The average molecular weight is 446 g/mol. The van der Waals surface area contributed by atoms with Gasteiger partial charge < -0.3 is 30.0 Å². The highest BCUT2D eigenvalue weighted by molar-refractivity contribution is 6.01. The van der Waals surface area contributed by atoms with Crippen molar-refractivity contribution in [1.82, 2.24) is 10.6 Å². The summed E-state index contributed by atoms with van der Waals surface area (Å²) in [5.74, 6) is -2.15. The molecule has 3 rings (SSSR count). The summed E-state index contributed by atoms with van der Waals surface area (Å²) >= 11 is 0. The van der Waals surface area contributed by atoms with E-state index in [4.69, 9.17) is 9.15 Å². The van der Waals surface area contributed by atoms with Crippen LogP contribution in [0, 0.1) is 5.92 Å². The maximum Gasteiger partial charge on any atom is 0.259 e. The molecule has 4 N–H and O–H groups in total. The molecule has 1 aromatic heterocycles. The molecule has 2 aromatic rings. The van der Waals surface area contributed by atoms with E-state index in [1.54, 1.807) is 18.2 Å². The number of rotatable bonds is 10. The third-order valence-corrected chi connectivity index (χ3v) is 5.27. The second-order valence-corrected chi connectivity index (χ2v) is 8.18. The largest absolute Gasteiger partial charge is 0.463 e. The predicted octanol–water partition coefficient (Wildman–Crippen LogP) is -0.255. The van der Waals surface area contributed by atoms with E-state index < -0.39 is 53.9 Å². The highest BCUT2D eigenvalue weighted by Crippen LogP contribution is 2.30. The van der Waals surface area contributed by atoms with E-state index in [0.717, 1.165) is 6.26 Å². The zero-order chi connectivity index (χ0) is 23.5. The molecule has 0 saturated carbocycles.